The van der Waals surface area contributed by atoms with Crippen molar-refractivity contribution in [3.63, 3.8) is 0 Å². The first kappa shape index (κ1) is 12.5. The monoisotopic (exact) mass is 242 g/mol. The van der Waals surface area contributed by atoms with Crippen molar-refractivity contribution in [2.45, 2.75) is 26.4 Å². The van der Waals surface area contributed by atoms with Gasteiger partial charge in [0.05, 0.1) is 17.9 Å². The zero-order valence-corrected chi connectivity index (χ0v) is 10.9. The van der Waals surface area contributed by atoms with Gasteiger partial charge in [0, 0.05) is 18.7 Å². The van der Waals surface area contributed by atoms with Crippen molar-refractivity contribution in [2.75, 3.05) is 18.0 Å². The Kier molecular flexibility index (Phi) is 3.88. The highest BCUT2D eigenvalue weighted by Gasteiger charge is 2.15. The molecule has 1 aromatic rings. The summed E-state index contributed by atoms with van der Waals surface area (Å²) in [6, 6.07) is 10.3. The van der Waals surface area contributed by atoms with Gasteiger partial charge >= 0.3 is 0 Å². The molecule has 0 N–H and O–H groups in total. The van der Waals surface area contributed by atoms with Crippen molar-refractivity contribution in [3.8, 4) is 11.8 Å². The van der Waals surface area contributed by atoms with Crippen LogP contribution in [-0.2, 0) is 0 Å². The lowest BCUT2D eigenvalue weighted by atomic mass is 10.1. The predicted octanol–water partition coefficient (Wildman–Crippen LogP) is 3.13. The minimum atomic E-state index is 0.168. The summed E-state index contributed by atoms with van der Waals surface area (Å²) in [6.07, 6.45) is 2.98. The highest BCUT2D eigenvalue weighted by Crippen LogP contribution is 2.30. The summed E-state index contributed by atoms with van der Waals surface area (Å²) in [5.41, 5.74) is 1.99. The third kappa shape index (κ3) is 2.84. The fourth-order valence-electron chi connectivity index (χ4n) is 2.06. The Balaban J connectivity index is 2.19. The molecular formula is C15H18N2O. The average molecular weight is 242 g/mol. The molecule has 0 unspecified atom stereocenters. The quantitative estimate of drug-likeness (QED) is 0.817. The van der Waals surface area contributed by atoms with E-state index in [1.165, 1.54) is 0 Å². The topological polar surface area (TPSA) is 36.3 Å². The van der Waals surface area contributed by atoms with E-state index in [2.05, 4.69) is 17.0 Å². The van der Waals surface area contributed by atoms with Crippen LogP contribution in [0.5, 0.6) is 5.75 Å². The molecule has 1 aliphatic rings. The van der Waals surface area contributed by atoms with Gasteiger partial charge in [-0.3, -0.25) is 0 Å². The van der Waals surface area contributed by atoms with E-state index in [0.717, 1.165) is 36.5 Å². The number of rotatable bonds is 3. The minimum absolute atomic E-state index is 0.168. The number of para-hydroxylation sites is 2. The lowest BCUT2D eigenvalue weighted by Crippen LogP contribution is -2.29. The van der Waals surface area contributed by atoms with E-state index in [1.54, 1.807) is 0 Å². The predicted molar refractivity (Wildman–Crippen MR) is 72.7 cm³/mol. The molecule has 0 bridgehead atoms. The maximum Gasteiger partial charge on any atom is 0.142 e. The van der Waals surface area contributed by atoms with Crippen molar-refractivity contribution in [3.05, 3.63) is 35.9 Å². The molecule has 1 aliphatic heterocycles. The van der Waals surface area contributed by atoms with Crippen LogP contribution in [0, 0.1) is 11.3 Å². The molecule has 0 saturated heterocycles. The summed E-state index contributed by atoms with van der Waals surface area (Å²) in [7, 11) is 0. The van der Waals surface area contributed by atoms with E-state index in [0.29, 0.717) is 0 Å². The molecule has 2 rings (SSSR count). The van der Waals surface area contributed by atoms with Crippen molar-refractivity contribution < 1.29 is 4.74 Å². The third-order valence-electron chi connectivity index (χ3n) is 2.92. The maximum absolute atomic E-state index is 8.86. The minimum Gasteiger partial charge on any atom is -0.489 e. The molecule has 3 nitrogen and oxygen atoms in total. The first-order chi connectivity index (χ1) is 8.70. The second-order valence-electron chi connectivity index (χ2n) is 4.67. The van der Waals surface area contributed by atoms with Gasteiger partial charge in [-0.25, -0.2) is 0 Å². The van der Waals surface area contributed by atoms with Gasteiger partial charge in [-0.15, -0.1) is 0 Å². The maximum atomic E-state index is 8.86. The zero-order valence-electron chi connectivity index (χ0n) is 10.9. The fourth-order valence-corrected chi connectivity index (χ4v) is 2.06. The van der Waals surface area contributed by atoms with E-state index in [1.807, 2.05) is 38.1 Å². The van der Waals surface area contributed by atoms with Crippen LogP contribution in [0.2, 0.25) is 0 Å². The molecule has 1 heterocycles. The summed E-state index contributed by atoms with van der Waals surface area (Å²) >= 11 is 0. The summed E-state index contributed by atoms with van der Waals surface area (Å²) in [4.78, 5) is 2.25. The summed E-state index contributed by atoms with van der Waals surface area (Å²) in [6.45, 7) is 5.71. The average Bonchev–Trinajstić information content (AvgIpc) is 2.39. The number of ether oxygens (including phenoxy) is 1. The Morgan fingerprint density at radius 3 is 2.72 bits per heavy atom. The lowest BCUT2D eigenvalue weighted by Gasteiger charge is -2.29. The van der Waals surface area contributed by atoms with E-state index in [4.69, 9.17) is 10.00 Å². The van der Waals surface area contributed by atoms with Gasteiger partial charge in [0.1, 0.15) is 5.75 Å². The summed E-state index contributed by atoms with van der Waals surface area (Å²) in [5, 5.41) is 8.86. The van der Waals surface area contributed by atoms with E-state index in [-0.39, 0.29) is 6.10 Å². The molecule has 0 atom stereocenters. The van der Waals surface area contributed by atoms with Crippen LogP contribution in [0.3, 0.4) is 0 Å². The number of nitriles is 1. The lowest BCUT2D eigenvalue weighted by molar-refractivity contribution is 0.243. The van der Waals surface area contributed by atoms with Gasteiger partial charge in [-0.1, -0.05) is 18.2 Å². The Hall–Kier alpha value is -1.95. The van der Waals surface area contributed by atoms with Gasteiger partial charge in [-0.2, -0.15) is 5.26 Å². The van der Waals surface area contributed by atoms with Crippen molar-refractivity contribution in [1.82, 2.24) is 0 Å². The SMILES string of the molecule is CC(C)Oc1ccccc1N1CC=C(C#N)CC1. The number of benzene rings is 1. The second-order valence-corrected chi connectivity index (χ2v) is 4.67. The molecule has 0 radical (unpaired) electrons. The van der Waals surface area contributed by atoms with Crippen LogP contribution < -0.4 is 9.64 Å². The van der Waals surface area contributed by atoms with Crippen LogP contribution in [0.15, 0.2) is 35.9 Å². The zero-order chi connectivity index (χ0) is 13.0. The van der Waals surface area contributed by atoms with Crippen LogP contribution in [0.25, 0.3) is 0 Å². The van der Waals surface area contributed by atoms with Gasteiger partial charge < -0.3 is 9.64 Å². The molecule has 0 fully saturated rings. The Morgan fingerprint density at radius 1 is 1.33 bits per heavy atom. The normalized spacial score (nSPS) is 15.2. The standard InChI is InChI=1S/C15H18N2O/c1-12(2)18-15-6-4-3-5-14(15)17-9-7-13(11-16)8-10-17/h3-7,12H,8-10H2,1-2H3. The number of anilines is 1. The molecule has 94 valence electrons. The number of nitrogens with zero attached hydrogens (tertiary/aromatic N) is 2. The molecule has 0 spiro atoms. The molecule has 3 heteroatoms. The Morgan fingerprint density at radius 2 is 2.11 bits per heavy atom. The molecule has 0 aliphatic carbocycles. The van der Waals surface area contributed by atoms with Gasteiger partial charge in [0.2, 0.25) is 0 Å². The highest BCUT2D eigenvalue weighted by molar-refractivity contribution is 5.59. The molecular weight excluding hydrogens is 224 g/mol. The molecule has 0 aromatic heterocycles. The highest BCUT2D eigenvalue weighted by atomic mass is 16.5. The first-order valence-corrected chi connectivity index (χ1v) is 6.30. The third-order valence-corrected chi connectivity index (χ3v) is 2.92. The fraction of sp³-hybridized carbons (Fsp3) is 0.400. The smallest absolute Gasteiger partial charge is 0.142 e. The van der Waals surface area contributed by atoms with Gasteiger partial charge in [0.15, 0.2) is 0 Å². The Bertz CT molecular complexity index is 486. The van der Waals surface area contributed by atoms with Crippen LogP contribution in [0.4, 0.5) is 5.69 Å². The summed E-state index contributed by atoms with van der Waals surface area (Å²) < 4.78 is 5.82. The Labute approximate surface area is 108 Å². The molecule has 18 heavy (non-hydrogen) atoms. The van der Waals surface area contributed by atoms with Crippen molar-refractivity contribution >= 4 is 5.69 Å². The van der Waals surface area contributed by atoms with Crippen molar-refractivity contribution in [2.24, 2.45) is 0 Å². The largest absolute Gasteiger partial charge is 0.489 e. The number of hydrogen-bond acceptors (Lipinski definition) is 3. The molecule has 0 amide bonds. The second kappa shape index (κ2) is 5.59. The van der Waals surface area contributed by atoms with Crippen molar-refractivity contribution in [1.29, 1.82) is 5.26 Å². The van der Waals surface area contributed by atoms with E-state index >= 15 is 0 Å². The summed E-state index contributed by atoms with van der Waals surface area (Å²) in [5.74, 6) is 0.918. The van der Waals surface area contributed by atoms with Gasteiger partial charge in [-0.05, 0) is 32.4 Å². The van der Waals surface area contributed by atoms with E-state index in [9.17, 15) is 0 Å². The van der Waals surface area contributed by atoms with E-state index < -0.39 is 0 Å². The van der Waals surface area contributed by atoms with Crippen LogP contribution in [-0.4, -0.2) is 19.2 Å². The van der Waals surface area contributed by atoms with Gasteiger partial charge in [0.25, 0.3) is 0 Å². The number of hydrogen-bond donors (Lipinski definition) is 0. The molecule has 0 saturated carbocycles. The molecule has 1 aromatic carbocycles. The first-order valence-electron chi connectivity index (χ1n) is 6.30. The van der Waals surface area contributed by atoms with Crippen LogP contribution in [0.1, 0.15) is 20.3 Å². The van der Waals surface area contributed by atoms with Crippen LogP contribution >= 0.6 is 0 Å².